The molecule has 13 heavy (non-hydrogen) atoms. The minimum Gasteiger partial charge on any atom is -0.485 e. The average Bonchev–Trinajstić information content (AvgIpc) is 1.99. The van der Waals surface area contributed by atoms with Crippen molar-refractivity contribution >= 4 is 0 Å². The first-order chi connectivity index (χ1) is 6.25. The molecule has 1 saturated heterocycles. The highest BCUT2D eigenvalue weighted by Gasteiger charge is 2.21. The van der Waals surface area contributed by atoms with Gasteiger partial charge in [-0.05, 0) is 12.1 Å². The molecule has 1 heterocycles. The van der Waals surface area contributed by atoms with Crippen molar-refractivity contribution in [3.8, 4) is 5.75 Å². The molecule has 1 aromatic carbocycles. The zero-order chi connectivity index (χ0) is 9.26. The number of ether oxygens (including phenoxy) is 1. The van der Waals surface area contributed by atoms with E-state index in [-0.39, 0.29) is 11.9 Å². The molecule has 0 amide bonds. The fourth-order valence-electron chi connectivity index (χ4n) is 1.06. The van der Waals surface area contributed by atoms with Crippen molar-refractivity contribution in [2.45, 2.75) is 6.10 Å². The lowest BCUT2D eigenvalue weighted by Gasteiger charge is -2.26. The minimum absolute atomic E-state index is 0.0417. The lowest BCUT2D eigenvalue weighted by Crippen LogP contribution is -2.45. The van der Waals surface area contributed by atoms with Crippen LogP contribution in [0, 0.1) is 11.6 Å². The van der Waals surface area contributed by atoms with Crippen LogP contribution in [0.4, 0.5) is 8.78 Å². The van der Waals surface area contributed by atoms with Crippen LogP contribution in [-0.4, -0.2) is 19.2 Å². The summed E-state index contributed by atoms with van der Waals surface area (Å²) in [6, 6.07) is 3.28. The Morgan fingerprint density at radius 1 is 1.31 bits per heavy atom. The summed E-state index contributed by atoms with van der Waals surface area (Å²) in [4.78, 5) is 0. The van der Waals surface area contributed by atoms with Crippen molar-refractivity contribution in [1.29, 1.82) is 0 Å². The minimum atomic E-state index is -0.660. The lowest BCUT2D eigenvalue weighted by atomic mass is 10.2. The Bertz CT molecular complexity index is 312. The van der Waals surface area contributed by atoms with Crippen LogP contribution in [0.25, 0.3) is 0 Å². The van der Waals surface area contributed by atoms with E-state index in [1.807, 2.05) is 0 Å². The molecule has 1 aliphatic rings. The number of nitrogens with zero attached hydrogens (tertiary/aromatic N) is 1. The maximum atomic E-state index is 13.0. The Morgan fingerprint density at radius 3 is 2.62 bits per heavy atom. The molecular weight excluding hydrogens is 176 g/mol. The molecule has 0 aromatic heterocycles. The van der Waals surface area contributed by atoms with Crippen molar-refractivity contribution in [3.05, 3.63) is 29.8 Å². The van der Waals surface area contributed by atoms with Gasteiger partial charge in [-0.15, -0.1) is 0 Å². The summed E-state index contributed by atoms with van der Waals surface area (Å²) in [5, 5.41) is 3.92. The molecule has 2 nitrogen and oxygen atoms in total. The second-order valence-electron chi connectivity index (χ2n) is 2.90. The van der Waals surface area contributed by atoms with Gasteiger partial charge in [-0.3, -0.25) is 0 Å². The largest absolute Gasteiger partial charge is 0.485 e. The van der Waals surface area contributed by atoms with Crippen LogP contribution >= 0.6 is 0 Å². The van der Waals surface area contributed by atoms with Crippen molar-refractivity contribution in [3.63, 3.8) is 0 Å². The standard InChI is InChI=1S/C9H8F2NO/c10-6-1-2-9(8(11)3-6)13-7-4-12-5-7/h1-3,7H,4-5H2. The predicted octanol–water partition coefficient (Wildman–Crippen LogP) is 1.33. The fourth-order valence-corrected chi connectivity index (χ4v) is 1.06. The Labute approximate surface area is 74.5 Å². The Hall–Kier alpha value is -1.16. The van der Waals surface area contributed by atoms with Gasteiger partial charge in [0.1, 0.15) is 11.9 Å². The summed E-state index contributed by atoms with van der Waals surface area (Å²) in [5.41, 5.74) is 0. The van der Waals surface area contributed by atoms with Crippen LogP contribution in [-0.2, 0) is 0 Å². The van der Waals surface area contributed by atoms with Gasteiger partial charge in [-0.2, -0.15) is 0 Å². The maximum absolute atomic E-state index is 13.0. The first-order valence-electron chi connectivity index (χ1n) is 4.00. The average molecular weight is 184 g/mol. The van der Waals surface area contributed by atoms with Gasteiger partial charge in [0.2, 0.25) is 0 Å². The van der Waals surface area contributed by atoms with Gasteiger partial charge in [-0.1, -0.05) is 0 Å². The van der Waals surface area contributed by atoms with Gasteiger partial charge in [0.25, 0.3) is 0 Å². The molecule has 0 atom stereocenters. The van der Waals surface area contributed by atoms with Crippen molar-refractivity contribution in [1.82, 2.24) is 5.32 Å². The predicted molar refractivity (Wildman–Crippen MR) is 42.6 cm³/mol. The first-order valence-corrected chi connectivity index (χ1v) is 4.00. The summed E-state index contributed by atoms with van der Waals surface area (Å²) < 4.78 is 30.6. The van der Waals surface area contributed by atoms with E-state index in [0.29, 0.717) is 13.1 Å². The molecule has 69 valence electrons. The van der Waals surface area contributed by atoms with Crippen LogP contribution in [0.3, 0.4) is 0 Å². The normalized spacial score (nSPS) is 16.8. The quantitative estimate of drug-likeness (QED) is 0.680. The third-order valence-electron chi connectivity index (χ3n) is 1.85. The van der Waals surface area contributed by atoms with Crippen LogP contribution in [0.15, 0.2) is 18.2 Å². The second kappa shape index (κ2) is 3.30. The molecule has 0 spiro atoms. The summed E-state index contributed by atoms with van der Waals surface area (Å²) >= 11 is 0. The third kappa shape index (κ3) is 1.78. The van der Waals surface area contributed by atoms with E-state index >= 15 is 0 Å². The van der Waals surface area contributed by atoms with Crippen molar-refractivity contribution in [2.75, 3.05) is 13.1 Å². The monoisotopic (exact) mass is 184 g/mol. The SMILES string of the molecule is Fc1ccc(OC2C[N]C2)c(F)c1. The molecule has 1 radical (unpaired) electrons. The van der Waals surface area contributed by atoms with E-state index in [2.05, 4.69) is 5.32 Å². The van der Waals surface area contributed by atoms with Gasteiger partial charge in [0.15, 0.2) is 11.6 Å². The molecule has 1 fully saturated rings. The van der Waals surface area contributed by atoms with E-state index in [4.69, 9.17) is 4.74 Å². The number of rotatable bonds is 2. The third-order valence-corrected chi connectivity index (χ3v) is 1.85. The van der Waals surface area contributed by atoms with Crippen LogP contribution in [0.2, 0.25) is 0 Å². The zero-order valence-corrected chi connectivity index (χ0v) is 6.84. The molecule has 0 aliphatic carbocycles. The number of benzene rings is 1. The highest BCUT2D eigenvalue weighted by atomic mass is 19.1. The Morgan fingerprint density at radius 2 is 2.08 bits per heavy atom. The van der Waals surface area contributed by atoms with Gasteiger partial charge in [-0.25, -0.2) is 14.1 Å². The molecule has 0 unspecified atom stereocenters. The second-order valence-corrected chi connectivity index (χ2v) is 2.90. The molecule has 2 rings (SSSR count). The van der Waals surface area contributed by atoms with E-state index < -0.39 is 11.6 Å². The van der Waals surface area contributed by atoms with Gasteiger partial charge in [0, 0.05) is 6.07 Å². The Kier molecular flexibility index (Phi) is 2.14. The summed E-state index contributed by atoms with van der Waals surface area (Å²) in [6.45, 7) is 1.19. The highest BCUT2D eigenvalue weighted by molar-refractivity contribution is 5.25. The van der Waals surface area contributed by atoms with E-state index in [9.17, 15) is 8.78 Å². The molecule has 0 bridgehead atoms. The van der Waals surface area contributed by atoms with E-state index in [1.165, 1.54) is 12.1 Å². The number of hydrogen-bond acceptors (Lipinski definition) is 1. The maximum Gasteiger partial charge on any atom is 0.167 e. The lowest BCUT2D eigenvalue weighted by molar-refractivity contribution is 0.133. The molecule has 0 N–H and O–H groups in total. The molecule has 4 heteroatoms. The Balaban J connectivity index is 2.10. The molecular formula is C9H8F2NO. The highest BCUT2D eigenvalue weighted by Crippen LogP contribution is 2.19. The molecule has 1 aromatic rings. The van der Waals surface area contributed by atoms with Crippen molar-refractivity contribution < 1.29 is 13.5 Å². The smallest absolute Gasteiger partial charge is 0.167 e. The van der Waals surface area contributed by atoms with Crippen molar-refractivity contribution in [2.24, 2.45) is 0 Å². The van der Waals surface area contributed by atoms with Crippen LogP contribution in [0.5, 0.6) is 5.75 Å². The van der Waals surface area contributed by atoms with Gasteiger partial charge >= 0.3 is 0 Å². The zero-order valence-electron chi connectivity index (χ0n) is 6.84. The topological polar surface area (TPSA) is 23.3 Å². The molecule has 0 saturated carbocycles. The first kappa shape index (κ1) is 8.44. The van der Waals surface area contributed by atoms with Gasteiger partial charge < -0.3 is 4.74 Å². The summed E-state index contributed by atoms with van der Waals surface area (Å²) in [5.74, 6) is -1.16. The van der Waals surface area contributed by atoms with E-state index in [1.54, 1.807) is 0 Å². The molecule has 1 aliphatic heterocycles. The summed E-state index contributed by atoms with van der Waals surface area (Å²) in [6.07, 6.45) is -0.0417. The number of halogens is 2. The number of hydrogen-bond donors (Lipinski definition) is 0. The van der Waals surface area contributed by atoms with E-state index in [0.717, 1.165) is 6.07 Å². The van der Waals surface area contributed by atoms with Crippen LogP contribution < -0.4 is 10.1 Å². The van der Waals surface area contributed by atoms with Gasteiger partial charge in [0.05, 0.1) is 13.1 Å². The summed E-state index contributed by atoms with van der Waals surface area (Å²) in [7, 11) is 0. The fraction of sp³-hybridized carbons (Fsp3) is 0.333. The van der Waals surface area contributed by atoms with Crippen LogP contribution in [0.1, 0.15) is 0 Å².